The molecule has 118 valence electrons. The van der Waals surface area contributed by atoms with E-state index in [4.69, 9.17) is 4.52 Å². The van der Waals surface area contributed by atoms with Gasteiger partial charge in [0, 0.05) is 31.3 Å². The number of nitrogens with one attached hydrogen (secondary N) is 1. The highest BCUT2D eigenvalue weighted by Crippen LogP contribution is 2.34. The Morgan fingerprint density at radius 1 is 1.18 bits per heavy atom. The molecule has 3 heterocycles. The van der Waals surface area contributed by atoms with Crippen LogP contribution >= 0.6 is 0 Å². The van der Waals surface area contributed by atoms with E-state index in [9.17, 15) is 9.59 Å². The van der Waals surface area contributed by atoms with Crippen molar-refractivity contribution in [2.75, 3.05) is 13.1 Å². The van der Waals surface area contributed by atoms with Crippen LogP contribution in [0.15, 0.2) is 4.52 Å². The van der Waals surface area contributed by atoms with Crippen molar-refractivity contribution < 1.29 is 14.1 Å². The van der Waals surface area contributed by atoms with Gasteiger partial charge < -0.3 is 14.7 Å². The van der Waals surface area contributed by atoms with Crippen molar-refractivity contribution in [2.45, 2.75) is 50.5 Å². The predicted molar refractivity (Wildman–Crippen MR) is 75.7 cm³/mol. The lowest BCUT2D eigenvalue weighted by atomic mass is 9.96. The molecule has 1 aliphatic carbocycles. The van der Waals surface area contributed by atoms with Gasteiger partial charge in [-0.15, -0.1) is 0 Å². The fourth-order valence-corrected chi connectivity index (χ4v) is 3.30. The molecule has 3 aliphatic rings. The Bertz CT molecular complexity index is 587. The summed E-state index contributed by atoms with van der Waals surface area (Å²) in [5.41, 5.74) is 0. The molecule has 1 atom stereocenters. The maximum atomic E-state index is 12.0. The average molecular weight is 304 g/mol. The number of nitrogens with zero attached hydrogens (tertiary/aromatic N) is 3. The third-order valence-electron chi connectivity index (χ3n) is 4.85. The van der Waals surface area contributed by atoms with Crippen molar-refractivity contribution in [2.24, 2.45) is 5.92 Å². The largest absolute Gasteiger partial charge is 0.344 e. The quantitative estimate of drug-likeness (QED) is 0.904. The van der Waals surface area contributed by atoms with Crippen LogP contribution in [0.5, 0.6) is 0 Å². The number of rotatable bonds is 3. The van der Waals surface area contributed by atoms with Crippen LogP contribution in [0.2, 0.25) is 0 Å². The van der Waals surface area contributed by atoms with Crippen LogP contribution in [-0.4, -0.2) is 39.9 Å². The summed E-state index contributed by atoms with van der Waals surface area (Å²) in [5.74, 6) is 2.13. The van der Waals surface area contributed by atoms with Gasteiger partial charge >= 0.3 is 0 Å². The third-order valence-corrected chi connectivity index (χ3v) is 4.85. The van der Waals surface area contributed by atoms with Crippen molar-refractivity contribution in [3.05, 3.63) is 11.7 Å². The number of aromatic nitrogens is 2. The van der Waals surface area contributed by atoms with Gasteiger partial charge in [-0.2, -0.15) is 4.98 Å². The lowest BCUT2D eigenvalue weighted by Gasteiger charge is -2.30. The first-order valence-electron chi connectivity index (χ1n) is 8.12. The van der Waals surface area contributed by atoms with E-state index in [2.05, 4.69) is 15.5 Å². The molecule has 2 aliphatic heterocycles. The van der Waals surface area contributed by atoms with E-state index in [1.165, 1.54) is 0 Å². The maximum absolute atomic E-state index is 12.0. The Balaban J connectivity index is 1.36. The Morgan fingerprint density at radius 3 is 2.59 bits per heavy atom. The number of carbonyl (C=O) groups excluding carboxylic acids is 2. The van der Waals surface area contributed by atoms with E-state index in [0.717, 1.165) is 51.0 Å². The lowest BCUT2D eigenvalue weighted by Crippen LogP contribution is -2.38. The van der Waals surface area contributed by atoms with E-state index < -0.39 is 0 Å². The summed E-state index contributed by atoms with van der Waals surface area (Å²) >= 11 is 0. The summed E-state index contributed by atoms with van der Waals surface area (Å²) < 4.78 is 5.32. The molecule has 0 radical (unpaired) electrons. The molecular formula is C15H20N4O3. The Kier molecular flexibility index (Phi) is 3.35. The zero-order valence-electron chi connectivity index (χ0n) is 12.5. The molecule has 1 N–H and O–H groups in total. The molecule has 1 aromatic rings. The highest BCUT2D eigenvalue weighted by molar-refractivity contribution is 5.81. The van der Waals surface area contributed by atoms with Gasteiger partial charge in [0.15, 0.2) is 5.82 Å². The summed E-state index contributed by atoms with van der Waals surface area (Å²) in [6, 6.07) is -0.134. The molecule has 0 aromatic carbocycles. The van der Waals surface area contributed by atoms with Gasteiger partial charge in [0.2, 0.25) is 17.7 Å². The zero-order chi connectivity index (χ0) is 15.1. The van der Waals surface area contributed by atoms with E-state index in [0.29, 0.717) is 24.1 Å². The van der Waals surface area contributed by atoms with E-state index >= 15 is 0 Å². The molecule has 2 amide bonds. The molecule has 7 nitrogen and oxygen atoms in total. The number of hydrogen-bond acceptors (Lipinski definition) is 5. The molecule has 3 fully saturated rings. The second-order valence-corrected chi connectivity index (χ2v) is 6.52. The molecule has 0 unspecified atom stereocenters. The second-order valence-electron chi connectivity index (χ2n) is 6.52. The fraction of sp³-hybridized carbons (Fsp3) is 0.733. The number of piperidine rings is 1. The highest BCUT2D eigenvalue weighted by atomic mass is 16.5. The summed E-state index contributed by atoms with van der Waals surface area (Å²) in [6.45, 7) is 1.56. The van der Waals surface area contributed by atoms with Crippen LogP contribution in [0.1, 0.15) is 62.2 Å². The topological polar surface area (TPSA) is 88.3 Å². The van der Waals surface area contributed by atoms with E-state index in [1.54, 1.807) is 0 Å². The van der Waals surface area contributed by atoms with Crippen LogP contribution < -0.4 is 5.32 Å². The highest BCUT2D eigenvalue weighted by Gasteiger charge is 2.36. The lowest BCUT2D eigenvalue weighted by molar-refractivity contribution is -0.133. The standard InChI is InChI=1S/C15H20N4O3/c20-12-4-3-11(16-12)14-17-13(18-22-14)9-5-7-19(8-6-9)15(21)10-1-2-10/h9-11H,1-8H2,(H,16,20)/t11-/m1/s1. The van der Waals surface area contributed by atoms with Crippen LogP contribution in [0, 0.1) is 5.92 Å². The van der Waals surface area contributed by atoms with Crippen molar-refractivity contribution in [3.8, 4) is 0 Å². The Morgan fingerprint density at radius 2 is 1.95 bits per heavy atom. The van der Waals surface area contributed by atoms with E-state index in [-0.39, 0.29) is 17.9 Å². The minimum atomic E-state index is -0.134. The second kappa shape index (κ2) is 5.37. The Labute approximate surface area is 128 Å². The average Bonchev–Trinajstić information content (AvgIpc) is 3.11. The smallest absolute Gasteiger partial charge is 0.249 e. The summed E-state index contributed by atoms with van der Waals surface area (Å²) in [5, 5.41) is 6.93. The number of carbonyl (C=O) groups is 2. The monoisotopic (exact) mass is 304 g/mol. The first kappa shape index (κ1) is 13.7. The molecule has 1 saturated carbocycles. The summed E-state index contributed by atoms with van der Waals surface area (Å²) in [4.78, 5) is 29.8. The predicted octanol–water partition coefficient (Wildman–Crippen LogP) is 1.14. The number of likely N-dealkylation sites (tertiary alicyclic amines) is 1. The van der Waals surface area contributed by atoms with Gasteiger partial charge in [-0.25, -0.2) is 0 Å². The van der Waals surface area contributed by atoms with Crippen molar-refractivity contribution >= 4 is 11.8 Å². The Hall–Kier alpha value is -1.92. The van der Waals surface area contributed by atoms with Crippen molar-refractivity contribution in [3.63, 3.8) is 0 Å². The zero-order valence-corrected chi connectivity index (χ0v) is 12.5. The van der Waals surface area contributed by atoms with Gasteiger partial charge in [-0.3, -0.25) is 9.59 Å². The first-order chi connectivity index (χ1) is 10.7. The van der Waals surface area contributed by atoms with E-state index in [1.807, 2.05) is 4.90 Å². The third kappa shape index (κ3) is 2.60. The fourth-order valence-electron chi connectivity index (χ4n) is 3.30. The number of hydrogen-bond donors (Lipinski definition) is 1. The van der Waals surface area contributed by atoms with Gasteiger partial charge in [0.1, 0.15) is 6.04 Å². The molecule has 0 spiro atoms. The number of amides is 2. The van der Waals surface area contributed by atoms with Crippen LogP contribution in [0.25, 0.3) is 0 Å². The van der Waals surface area contributed by atoms with Gasteiger partial charge in [-0.05, 0) is 32.1 Å². The molecule has 2 saturated heterocycles. The van der Waals surface area contributed by atoms with Crippen LogP contribution in [-0.2, 0) is 9.59 Å². The SMILES string of the molecule is O=C1CC[C@H](c2nc(C3CCN(C(=O)C4CC4)CC3)no2)N1. The molecule has 0 bridgehead atoms. The van der Waals surface area contributed by atoms with Gasteiger partial charge in [-0.1, -0.05) is 5.16 Å². The molecule has 22 heavy (non-hydrogen) atoms. The molecule has 1 aromatic heterocycles. The minimum absolute atomic E-state index is 0.0386. The normalized spacial score (nSPS) is 26.3. The summed E-state index contributed by atoms with van der Waals surface area (Å²) in [7, 11) is 0. The summed E-state index contributed by atoms with van der Waals surface area (Å²) in [6.07, 6.45) is 5.11. The van der Waals surface area contributed by atoms with Gasteiger partial charge in [0.25, 0.3) is 0 Å². The maximum Gasteiger partial charge on any atom is 0.249 e. The first-order valence-corrected chi connectivity index (χ1v) is 8.12. The molecule has 7 heteroatoms. The van der Waals surface area contributed by atoms with Crippen molar-refractivity contribution in [1.29, 1.82) is 0 Å². The minimum Gasteiger partial charge on any atom is -0.344 e. The van der Waals surface area contributed by atoms with Crippen LogP contribution in [0.3, 0.4) is 0 Å². The van der Waals surface area contributed by atoms with Crippen molar-refractivity contribution in [1.82, 2.24) is 20.4 Å². The van der Waals surface area contributed by atoms with Gasteiger partial charge in [0.05, 0.1) is 0 Å². The molecular weight excluding hydrogens is 284 g/mol. The van der Waals surface area contributed by atoms with Crippen LogP contribution in [0.4, 0.5) is 0 Å². The molecule has 4 rings (SSSR count).